The highest BCUT2D eigenvalue weighted by molar-refractivity contribution is 7.09. The van der Waals surface area contributed by atoms with Crippen LogP contribution in [0.1, 0.15) is 19.0 Å². The highest BCUT2D eigenvalue weighted by Gasteiger charge is 2.07. The number of aromatic nitrogens is 1. The molecule has 0 aliphatic carbocycles. The molecule has 0 fully saturated rings. The first kappa shape index (κ1) is 11.1. The molecule has 0 N–H and O–H groups in total. The van der Waals surface area contributed by atoms with Gasteiger partial charge < -0.3 is 4.74 Å². The van der Waals surface area contributed by atoms with E-state index in [2.05, 4.69) is 23.4 Å². The zero-order chi connectivity index (χ0) is 11.4. The predicted molar refractivity (Wildman–Crippen MR) is 68.1 cm³/mol. The van der Waals surface area contributed by atoms with Crippen molar-refractivity contribution in [1.29, 1.82) is 0 Å². The molecular formula is C13H15NOS. The van der Waals surface area contributed by atoms with E-state index in [1.54, 1.807) is 0 Å². The lowest BCUT2D eigenvalue weighted by Crippen LogP contribution is -1.96. The molecule has 0 bridgehead atoms. The van der Waals surface area contributed by atoms with E-state index >= 15 is 0 Å². The van der Waals surface area contributed by atoms with Crippen molar-refractivity contribution in [3.63, 3.8) is 0 Å². The SMILES string of the molecule is CCCOc1ccccc1-c1cc(C)ns1. The molecule has 2 aromatic rings. The maximum atomic E-state index is 5.73. The molecule has 0 radical (unpaired) electrons. The predicted octanol–water partition coefficient (Wildman–Crippen LogP) is 3.91. The van der Waals surface area contributed by atoms with E-state index < -0.39 is 0 Å². The highest BCUT2D eigenvalue weighted by Crippen LogP contribution is 2.32. The second-order valence-electron chi connectivity index (χ2n) is 3.68. The third-order valence-electron chi connectivity index (χ3n) is 2.24. The summed E-state index contributed by atoms with van der Waals surface area (Å²) in [4.78, 5) is 1.17. The Hall–Kier alpha value is -1.35. The van der Waals surface area contributed by atoms with Gasteiger partial charge in [-0.05, 0) is 43.1 Å². The van der Waals surface area contributed by atoms with Gasteiger partial charge in [0.2, 0.25) is 0 Å². The van der Waals surface area contributed by atoms with Crippen LogP contribution in [0, 0.1) is 6.92 Å². The molecule has 3 heteroatoms. The fraction of sp³-hybridized carbons (Fsp3) is 0.308. The van der Waals surface area contributed by atoms with Gasteiger partial charge in [-0.3, -0.25) is 0 Å². The summed E-state index contributed by atoms with van der Waals surface area (Å²) in [6.07, 6.45) is 1.02. The minimum Gasteiger partial charge on any atom is -0.493 e. The molecule has 0 saturated carbocycles. The summed E-state index contributed by atoms with van der Waals surface area (Å²) in [5, 5.41) is 0. The monoisotopic (exact) mass is 233 g/mol. The third kappa shape index (κ3) is 2.42. The van der Waals surface area contributed by atoms with Crippen molar-refractivity contribution in [3.8, 4) is 16.2 Å². The molecule has 0 spiro atoms. The lowest BCUT2D eigenvalue weighted by molar-refractivity contribution is 0.319. The Balaban J connectivity index is 2.32. The zero-order valence-corrected chi connectivity index (χ0v) is 10.4. The Kier molecular flexibility index (Phi) is 3.57. The van der Waals surface area contributed by atoms with Gasteiger partial charge in [0.1, 0.15) is 5.75 Å². The van der Waals surface area contributed by atoms with Crippen LogP contribution in [-0.2, 0) is 0 Å². The summed E-state index contributed by atoms with van der Waals surface area (Å²) in [7, 11) is 0. The molecule has 0 unspecified atom stereocenters. The highest BCUT2D eigenvalue weighted by atomic mass is 32.1. The molecule has 2 nitrogen and oxygen atoms in total. The van der Waals surface area contributed by atoms with E-state index in [0.29, 0.717) is 0 Å². The zero-order valence-electron chi connectivity index (χ0n) is 9.56. The van der Waals surface area contributed by atoms with Crippen molar-refractivity contribution in [2.24, 2.45) is 0 Å². The van der Waals surface area contributed by atoms with Crippen LogP contribution in [0.25, 0.3) is 10.4 Å². The van der Waals surface area contributed by atoms with Crippen LogP contribution in [-0.4, -0.2) is 11.0 Å². The van der Waals surface area contributed by atoms with Crippen molar-refractivity contribution < 1.29 is 4.74 Å². The molecule has 84 valence electrons. The largest absolute Gasteiger partial charge is 0.493 e. The van der Waals surface area contributed by atoms with Crippen LogP contribution in [0.5, 0.6) is 5.75 Å². The van der Waals surface area contributed by atoms with Crippen LogP contribution in [0.15, 0.2) is 30.3 Å². The number of hydrogen-bond acceptors (Lipinski definition) is 3. The van der Waals surface area contributed by atoms with Gasteiger partial charge >= 0.3 is 0 Å². The van der Waals surface area contributed by atoms with Crippen LogP contribution in [0.3, 0.4) is 0 Å². The number of nitrogens with zero attached hydrogens (tertiary/aromatic N) is 1. The topological polar surface area (TPSA) is 22.1 Å². The normalized spacial score (nSPS) is 10.4. The summed E-state index contributed by atoms with van der Waals surface area (Å²) in [5.74, 6) is 0.952. The Morgan fingerprint density at radius 2 is 2.12 bits per heavy atom. The third-order valence-corrected chi connectivity index (χ3v) is 3.16. The van der Waals surface area contributed by atoms with Gasteiger partial charge in [-0.2, -0.15) is 4.37 Å². The maximum absolute atomic E-state index is 5.73. The number of para-hydroxylation sites is 1. The molecule has 1 aromatic heterocycles. The average molecular weight is 233 g/mol. The van der Waals surface area contributed by atoms with Gasteiger partial charge in [0.15, 0.2) is 0 Å². The van der Waals surface area contributed by atoms with Crippen molar-refractivity contribution in [2.45, 2.75) is 20.3 Å². The molecule has 2 rings (SSSR count). The van der Waals surface area contributed by atoms with E-state index in [1.807, 2.05) is 25.1 Å². The number of benzene rings is 1. The van der Waals surface area contributed by atoms with Gasteiger partial charge in [-0.25, -0.2) is 0 Å². The van der Waals surface area contributed by atoms with Gasteiger partial charge in [0, 0.05) is 5.56 Å². The van der Waals surface area contributed by atoms with Gasteiger partial charge in [-0.1, -0.05) is 19.1 Å². The smallest absolute Gasteiger partial charge is 0.127 e. The van der Waals surface area contributed by atoms with Crippen LogP contribution >= 0.6 is 11.5 Å². The van der Waals surface area contributed by atoms with Crippen molar-refractivity contribution in [3.05, 3.63) is 36.0 Å². The summed E-state index contributed by atoms with van der Waals surface area (Å²) >= 11 is 1.52. The van der Waals surface area contributed by atoms with Crippen molar-refractivity contribution in [1.82, 2.24) is 4.37 Å². The van der Waals surface area contributed by atoms with Crippen LogP contribution in [0.4, 0.5) is 0 Å². The Labute approximate surface area is 100 Å². The molecule has 0 aliphatic rings. The lowest BCUT2D eigenvalue weighted by atomic mass is 10.1. The van der Waals surface area contributed by atoms with Gasteiger partial charge in [0.05, 0.1) is 17.2 Å². The molecule has 1 heterocycles. The second kappa shape index (κ2) is 5.12. The summed E-state index contributed by atoms with van der Waals surface area (Å²) in [6.45, 7) is 4.88. The lowest BCUT2D eigenvalue weighted by Gasteiger charge is -2.08. The number of ether oxygens (including phenoxy) is 1. The van der Waals surface area contributed by atoms with E-state index in [1.165, 1.54) is 16.4 Å². The number of rotatable bonds is 4. The molecule has 1 aromatic carbocycles. The number of hydrogen-bond donors (Lipinski definition) is 0. The van der Waals surface area contributed by atoms with E-state index in [-0.39, 0.29) is 0 Å². The summed E-state index contributed by atoms with van der Waals surface area (Å²) in [6, 6.07) is 10.2. The summed E-state index contributed by atoms with van der Waals surface area (Å²) < 4.78 is 10.0. The first-order chi connectivity index (χ1) is 7.81. The maximum Gasteiger partial charge on any atom is 0.127 e. The molecule has 0 aliphatic heterocycles. The summed E-state index contributed by atoms with van der Waals surface area (Å²) in [5.41, 5.74) is 2.20. The molecule has 0 saturated heterocycles. The molecule has 16 heavy (non-hydrogen) atoms. The minimum atomic E-state index is 0.759. The van der Waals surface area contributed by atoms with Crippen LogP contribution < -0.4 is 4.74 Å². The quantitative estimate of drug-likeness (QED) is 0.798. The standard InChI is InChI=1S/C13H15NOS/c1-3-8-15-12-7-5-4-6-11(12)13-9-10(2)14-16-13/h4-7,9H,3,8H2,1-2H3. The van der Waals surface area contributed by atoms with Crippen molar-refractivity contribution >= 4 is 11.5 Å². The number of aryl methyl sites for hydroxylation is 1. The first-order valence-corrected chi connectivity index (χ1v) is 6.24. The van der Waals surface area contributed by atoms with Crippen molar-refractivity contribution in [2.75, 3.05) is 6.61 Å². The van der Waals surface area contributed by atoms with Gasteiger partial charge in [-0.15, -0.1) is 0 Å². The van der Waals surface area contributed by atoms with E-state index in [4.69, 9.17) is 4.74 Å². The van der Waals surface area contributed by atoms with E-state index in [0.717, 1.165) is 30.0 Å². The fourth-order valence-corrected chi connectivity index (χ4v) is 2.28. The Morgan fingerprint density at radius 1 is 1.31 bits per heavy atom. The molecular weight excluding hydrogens is 218 g/mol. The van der Waals surface area contributed by atoms with Gasteiger partial charge in [0.25, 0.3) is 0 Å². The second-order valence-corrected chi connectivity index (χ2v) is 4.48. The van der Waals surface area contributed by atoms with E-state index in [9.17, 15) is 0 Å². The first-order valence-electron chi connectivity index (χ1n) is 5.46. The van der Waals surface area contributed by atoms with Crippen LogP contribution in [0.2, 0.25) is 0 Å². The fourth-order valence-electron chi connectivity index (χ4n) is 1.50. The Bertz CT molecular complexity index is 464. The molecule has 0 amide bonds. The molecule has 0 atom stereocenters. The minimum absolute atomic E-state index is 0.759. The Morgan fingerprint density at radius 3 is 2.81 bits per heavy atom. The average Bonchev–Trinajstić information content (AvgIpc) is 2.73.